The summed E-state index contributed by atoms with van der Waals surface area (Å²) in [5.41, 5.74) is 0.937. The number of amides is 2. The summed E-state index contributed by atoms with van der Waals surface area (Å²) in [6, 6.07) is 11.3. The van der Waals surface area contributed by atoms with E-state index < -0.39 is 5.91 Å². The quantitative estimate of drug-likeness (QED) is 0.578. The third-order valence-corrected chi connectivity index (χ3v) is 5.73. The number of hydrogen-bond donors (Lipinski definition) is 2. The van der Waals surface area contributed by atoms with Gasteiger partial charge in [-0.05, 0) is 43.2 Å². The monoisotopic (exact) mass is 432 g/mol. The van der Waals surface area contributed by atoms with Crippen LogP contribution in [0.4, 0.5) is 10.8 Å². The molecule has 0 saturated heterocycles. The molecule has 2 amide bonds. The van der Waals surface area contributed by atoms with Crippen molar-refractivity contribution in [2.24, 2.45) is 0 Å². The van der Waals surface area contributed by atoms with E-state index in [0.29, 0.717) is 27.3 Å². The SMILES string of the molecule is O=C(Nc1ccccc1C(=O)Nc1nnc(C2CC2)s1)c1ccc(Cl)cc1Cl. The fourth-order valence-electron chi connectivity index (χ4n) is 2.60. The van der Waals surface area contributed by atoms with Gasteiger partial charge in [0.15, 0.2) is 0 Å². The first-order chi connectivity index (χ1) is 13.5. The second-order valence-corrected chi connectivity index (χ2v) is 8.15. The Labute approximate surface area is 174 Å². The summed E-state index contributed by atoms with van der Waals surface area (Å²) < 4.78 is 0. The van der Waals surface area contributed by atoms with Gasteiger partial charge in [0, 0.05) is 10.9 Å². The van der Waals surface area contributed by atoms with Crippen LogP contribution in [-0.2, 0) is 0 Å². The number of carbonyl (C=O) groups excluding carboxylic acids is 2. The average molecular weight is 433 g/mol. The number of hydrogen-bond acceptors (Lipinski definition) is 5. The van der Waals surface area contributed by atoms with Crippen LogP contribution in [0, 0.1) is 0 Å². The van der Waals surface area contributed by atoms with Gasteiger partial charge in [-0.25, -0.2) is 0 Å². The second-order valence-electron chi connectivity index (χ2n) is 6.30. The lowest BCUT2D eigenvalue weighted by molar-refractivity contribution is 0.102. The Bertz CT molecular complexity index is 1070. The lowest BCUT2D eigenvalue weighted by Crippen LogP contribution is -2.18. The molecule has 142 valence electrons. The highest BCUT2D eigenvalue weighted by Crippen LogP contribution is 2.42. The largest absolute Gasteiger partial charge is 0.321 e. The Hall–Kier alpha value is -2.48. The number of anilines is 2. The molecule has 0 atom stereocenters. The summed E-state index contributed by atoms with van der Waals surface area (Å²) in [6.45, 7) is 0. The number of halogens is 2. The molecule has 1 aromatic heterocycles. The van der Waals surface area contributed by atoms with Crippen molar-refractivity contribution >= 4 is 57.2 Å². The van der Waals surface area contributed by atoms with Gasteiger partial charge in [0.2, 0.25) is 5.13 Å². The zero-order valence-corrected chi connectivity index (χ0v) is 16.7. The van der Waals surface area contributed by atoms with Gasteiger partial charge in [0.1, 0.15) is 5.01 Å². The Morgan fingerprint density at radius 2 is 1.71 bits per heavy atom. The Kier molecular flexibility index (Phi) is 5.30. The fraction of sp³-hybridized carbons (Fsp3) is 0.158. The van der Waals surface area contributed by atoms with Gasteiger partial charge in [-0.1, -0.05) is 46.7 Å². The summed E-state index contributed by atoms with van der Waals surface area (Å²) in [7, 11) is 0. The van der Waals surface area contributed by atoms with Crippen LogP contribution >= 0.6 is 34.5 Å². The molecule has 9 heteroatoms. The van der Waals surface area contributed by atoms with Crippen LogP contribution < -0.4 is 10.6 Å². The third-order valence-electron chi connectivity index (χ3n) is 4.18. The lowest BCUT2D eigenvalue weighted by atomic mass is 10.1. The van der Waals surface area contributed by atoms with Gasteiger partial charge in [0.25, 0.3) is 11.8 Å². The molecule has 4 rings (SSSR count). The van der Waals surface area contributed by atoms with Crippen LogP contribution in [-0.4, -0.2) is 22.0 Å². The zero-order chi connectivity index (χ0) is 19.7. The first-order valence-corrected chi connectivity index (χ1v) is 10.1. The summed E-state index contributed by atoms with van der Waals surface area (Å²) in [5, 5.41) is 15.6. The number of aromatic nitrogens is 2. The third kappa shape index (κ3) is 4.16. The fourth-order valence-corrected chi connectivity index (χ4v) is 4.00. The van der Waals surface area contributed by atoms with Crippen LogP contribution in [0.15, 0.2) is 42.5 Å². The number of rotatable bonds is 5. The predicted molar refractivity (Wildman–Crippen MR) is 111 cm³/mol. The molecule has 28 heavy (non-hydrogen) atoms. The molecular formula is C19H14Cl2N4O2S. The summed E-state index contributed by atoms with van der Waals surface area (Å²) in [6.07, 6.45) is 2.23. The van der Waals surface area contributed by atoms with Crippen LogP contribution in [0.5, 0.6) is 0 Å². The van der Waals surface area contributed by atoms with Crippen molar-refractivity contribution in [3.05, 3.63) is 68.6 Å². The highest BCUT2D eigenvalue weighted by molar-refractivity contribution is 7.15. The number of nitrogens with one attached hydrogen (secondary N) is 2. The van der Waals surface area contributed by atoms with Gasteiger partial charge < -0.3 is 5.32 Å². The molecule has 2 N–H and O–H groups in total. The van der Waals surface area contributed by atoms with E-state index in [1.807, 2.05) is 0 Å². The van der Waals surface area contributed by atoms with Crippen molar-refractivity contribution in [1.29, 1.82) is 0 Å². The van der Waals surface area contributed by atoms with Crippen molar-refractivity contribution in [3.63, 3.8) is 0 Å². The lowest BCUT2D eigenvalue weighted by Gasteiger charge is -2.11. The molecule has 1 heterocycles. The normalized spacial score (nSPS) is 13.2. The van der Waals surface area contributed by atoms with Gasteiger partial charge >= 0.3 is 0 Å². The molecule has 2 aromatic carbocycles. The van der Waals surface area contributed by atoms with Crippen LogP contribution in [0.3, 0.4) is 0 Å². The molecule has 0 aliphatic heterocycles. The highest BCUT2D eigenvalue weighted by Gasteiger charge is 2.28. The van der Waals surface area contributed by atoms with E-state index in [1.54, 1.807) is 30.3 Å². The number of nitrogens with zero attached hydrogens (tertiary/aromatic N) is 2. The Morgan fingerprint density at radius 3 is 2.46 bits per heavy atom. The minimum Gasteiger partial charge on any atom is -0.321 e. The van der Waals surface area contributed by atoms with E-state index in [2.05, 4.69) is 20.8 Å². The summed E-state index contributed by atoms with van der Waals surface area (Å²) >= 11 is 13.3. The minimum atomic E-state index is -0.436. The van der Waals surface area contributed by atoms with Gasteiger partial charge in [-0.2, -0.15) is 0 Å². The molecule has 3 aromatic rings. The predicted octanol–water partition coefficient (Wildman–Crippen LogP) is 5.23. The van der Waals surface area contributed by atoms with E-state index in [9.17, 15) is 9.59 Å². The topological polar surface area (TPSA) is 84.0 Å². The molecule has 1 aliphatic rings. The smallest absolute Gasteiger partial charge is 0.259 e. The maximum absolute atomic E-state index is 12.7. The van der Waals surface area contributed by atoms with E-state index in [-0.39, 0.29) is 16.5 Å². The molecule has 6 nitrogen and oxygen atoms in total. The number of carbonyl (C=O) groups is 2. The average Bonchev–Trinajstić information content (AvgIpc) is 3.41. The Balaban J connectivity index is 1.52. The zero-order valence-electron chi connectivity index (χ0n) is 14.4. The standard InChI is InChI=1S/C19H14Cl2N4O2S/c20-11-7-8-12(14(21)9-11)16(26)22-15-4-2-1-3-13(15)17(27)23-19-25-24-18(28-19)10-5-6-10/h1-4,7-10H,5-6H2,(H,22,26)(H,23,25,27). The molecular weight excluding hydrogens is 419 g/mol. The molecule has 1 saturated carbocycles. The maximum atomic E-state index is 12.7. The maximum Gasteiger partial charge on any atom is 0.259 e. The van der Waals surface area contributed by atoms with Crippen molar-refractivity contribution < 1.29 is 9.59 Å². The molecule has 0 bridgehead atoms. The van der Waals surface area contributed by atoms with Crippen molar-refractivity contribution in [2.75, 3.05) is 10.6 Å². The van der Waals surface area contributed by atoms with Crippen molar-refractivity contribution in [1.82, 2.24) is 10.2 Å². The van der Waals surface area contributed by atoms with E-state index in [4.69, 9.17) is 23.2 Å². The minimum absolute atomic E-state index is 0.230. The van der Waals surface area contributed by atoms with Crippen molar-refractivity contribution in [3.8, 4) is 0 Å². The van der Waals surface area contributed by atoms with Gasteiger partial charge in [-0.3, -0.25) is 14.9 Å². The first kappa shape index (κ1) is 18.9. The van der Waals surface area contributed by atoms with Crippen molar-refractivity contribution in [2.45, 2.75) is 18.8 Å². The van der Waals surface area contributed by atoms with Crippen LogP contribution in [0.25, 0.3) is 0 Å². The molecule has 0 spiro atoms. The summed E-state index contributed by atoms with van der Waals surface area (Å²) in [5.74, 6) is -0.343. The van der Waals surface area contributed by atoms with Crippen LogP contribution in [0.1, 0.15) is 44.5 Å². The molecule has 1 fully saturated rings. The number of para-hydroxylation sites is 1. The van der Waals surface area contributed by atoms with E-state index >= 15 is 0 Å². The van der Waals surface area contributed by atoms with Gasteiger partial charge in [-0.15, -0.1) is 10.2 Å². The molecule has 0 radical (unpaired) electrons. The molecule has 0 unspecified atom stereocenters. The first-order valence-electron chi connectivity index (χ1n) is 8.51. The Morgan fingerprint density at radius 1 is 0.964 bits per heavy atom. The second kappa shape index (κ2) is 7.87. The van der Waals surface area contributed by atoms with Gasteiger partial charge in [0.05, 0.1) is 21.8 Å². The molecule has 1 aliphatic carbocycles. The number of benzene rings is 2. The summed E-state index contributed by atoms with van der Waals surface area (Å²) in [4.78, 5) is 25.3. The van der Waals surface area contributed by atoms with E-state index in [0.717, 1.165) is 17.8 Å². The van der Waals surface area contributed by atoms with E-state index in [1.165, 1.54) is 23.5 Å². The van der Waals surface area contributed by atoms with Crippen LogP contribution in [0.2, 0.25) is 10.0 Å². The highest BCUT2D eigenvalue weighted by atomic mass is 35.5.